The second-order valence-corrected chi connectivity index (χ2v) is 10.2. The molecule has 0 saturated carbocycles. The third kappa shape index (κ3) is 10.2. The van der Waals surface area contributed by atoms with Crippen LogP contribution in [-0.4, -0.2) is 37.8 Å². The van der Waals surface area contributed by atoms with E-state index < -0.39 is 0 Å². The Balaban J connectivity index is 0.000000218. The number of benzene rings is 3. The molecule has 4 aromatic rings. The van der Waals surface area contributed by atoms with Crippen LogP contribution >= 0.6 is 0 Å². The van der Waals surface area contributed by atoms with Gasteiger partial charge in [0.2, 0.25) is 0 Å². The van der Waals surface area contributed by atoms with E-state index >= 15 is 0 Å². The van der Waals surface area contributed by atoms with E-state index in [-0.39, 0.29) is 37.9 Å². The summed E-state index contributed by atoms with van der Waals surface area (Å²) in [6.45, 7) is 12.0. The van der Waals surface area contributed by atoms with Crippen molar-refractivity contribution in [3.63, 3.8) is 0 Å². The topological polar surface area (TPSA) is 59.8 Å². The molecule has 206 valence electrons. The van der Waals surface area contributed by atoms with Crippen LogP contribution in [0, 0.1) is 18.8 Å². The van der Waals surface area contributed by atoms with Crippen LogP contribution in [0.15, 0.2) is 97.5 Å². The second-order valence-electron chi connectivity index (χ2n) is 10.2. The maximum absolute atomic E-state index is 8.56. The molecule has 39 heavy (non-hydrogen) atoms. The molecule has 0 bridgehead atoms. The predicted octanol–water partition coefficient (Wildman–Crippen LogP) is 6.84. The van der Waals surface area contributed by atoms with Crippen molar-refractivity contribution in [1.29, 1.82) is 0 Å². The summed E-state index contributed by atoms with van der Waals surface area (Å²) in [5.74, 6) is 0. The van der Waals surface area contributed by atoms with E-state index in [0.717, 1.165) is 16.9 Å². The van der Waals surface area contributed by atoms with E-state index in [1.165, 1.54) is 10.8 Å². The molecule has 0 amide bonds. The monoisotopic (exact) mass is 701 g/mol. The molecule has 6 heteroatoms. The van der Waals surface area contributed by atoms with Crippen LogP contribution in [-0.2, 0) is 20.1 Å². The van der Waals surface area contributed by atoms with Crippen LogP contribution in [0.5, 0.6) is 0 Å². The number of aliphatic hydroxyl groups excluding tert-OH is 2. The maximum Gasteiger partial charge on any atom is 3.00 e. The average Bonchev–Trinajstić information content (AvgIpc) is 3.41. The molecule has 1 aromatic heterocycles. The summed E-state index contributed by atoms with van der Waals surface area (Å²) < 4.78 is 0. The number of hydrogen-bond acceptors (Lipinski definition) is 5. The van der Waals surface area contributed by atoms with Crippen molar-refractivity contribution in [3.8, 4) is 11.3 Å². The van der Waals surface area contributed by atoms with Crippen molar-refractivity contribution in [2.45, 2.75) is 58.8 Å². The molecule has 1 aliphatic rings. The van der Waals surface area contributed by atoms with Gasteiger partial charge in [0.05, 0.1) is 12.2 Å². The molecule has 0 aliphatic carbocycles. The van der Waals surface area contributed by atoms with Crippen LogP contribution < -0.4 is 4.90 Å². The van der Waals surface area contributed by atoms with Gasteiger partial charge in [-0.15, -0.1) is 41.6 Å². The normalized spacial score (nSPS) is 13.9. The number of rotatable bonds is 4. The fourth-order valence-corrected chi connectivity index (χ4v) is 3.81. The van der Waals surface area contributed by atoms with Crippen molar-refractivity contribution < 1.29 is 30.3 Å². The number of fused-ring (bicyclic) bond motifs is 1. The molecule has 3 aromatic carbocycles. The molecule has 2 N–H and O–H groups in total. The van der Waals surface area contributed by atoms with Crippen molar-refractivity contribution >= 4 is 16.5 Å². The first-order chi connectivity index (χ1) is 18.1. The van der Waals surface area contributed by atoms with Gasteiger partial charge in [-0.25, -0.2) is 0 Å². The zero-order valence-corrected chi connectivity index (χ0v) is 25.6. The Labute approximate surface area is 247 Å². The summed E-state index contributed by atoms with van der Waals surface area (Å²) in [4.78, 5) is 8.71. The number of hydrogen-bond donors (Lipinski definition) is 2. The molecule has 2 heterocycles. The van der Waals surface area contributed by atoms with Gasteiger partial charge in [0.15, 0.2) is 0 Å². The molecule has 0 saturated heterocycles. The first kappa shape index (κ1) is 32.2. The quantitative estimate of drug-likeness (QED) is 0.229. The van der Waals surface area contributed by atoms with Crippen LogP contribution in [0.4, 0.5) is 5.69 Å². The van der Waals surface area contributed by atoms with Crippen molar-refractivity contribution in [2.75, 3.05) is 4.90 Å². The van der Waals surface area contributed by atoms with E-state index in [0.29, 0.717) is 6.42 Å². The van der Waals surface area contributed by atoms with Gasteiger partial charge < -0.3 is 25.0 Å². The molecular formula is C33H38IrN3O2. The molecule has 1 aliphatic heterocycles. The van der Waals surface area contributed by atoms with Crippen LogP contribution in [0.3, 0.4) is 0 Å². The summed E-state index contributed by atoms with van der Waals surface area (Å²) in [6, 6.07) is 32.6. The van der Waals surface area contributed by atoms with Gasteiger partial charge in [-0.3, -0.25) is 0 Å². The van der Waals surface area contributed by atoms with E-state index in [2.05, 4.69) is 78.9 Å². The Kier molecular flexibility index (Phi) is 12.8. The largest absolute Gasteiger partial charge is 3.00 e. The summed E-state index contributed by atoms with van der Waals surface area (Å²) >= 11 is 0. The number of pyridine rings is 1. The number of aliphatic hydroxyl groups is 2. The van der Waals surface area contributed by atoms with Crippen LogP contribution in [0.1, 0.15) is 41.0 Å². The van der Waals surface area contributed by atoms with Crippen molar-refractivity contribution in [3.05, 3.63) is 116 Å². The molecule has 5 rings (SSSR count). The van der Waals surface area contributed by atoms with Gasteiger partial charge in [-0.05, 0) is 76.0 Å². The minimum absolute atomic E-state index is 0. The number of anilines is 1. The van der Waals surface area contributed by atoms with Gasteiger partial charge in [-0.2, -0.15) is 37.0 Å². The Bertz CT molecular complexity index is 1260. The maximum atomic E-state index is 8.56. The Morgan fingerprint density at radius 1 is 0.846 bits per heavy atom. The summed E-state index contributed by atoms with van der Waals surface area (Å²) in [5.41, 5.74) is 3.23. The molecule has 0 radical (unpaired) electrons. The Morgan fingerprint density at radius 2 is 1.49 bits per heavy atom. The number of para-hydroxylation sites is 1. The van der Waals surface area contributed by atoms with E-state index in [1.54, 1.807) is 13.8 Å². The predicted molar refractivity (Wildman–Crippen MR) is 157 cm³/mol. The number of nitrogens with zero attached hydrogens (tertiary/aromatic N) is 3. The van der Waals surface area contributed by atoms with Gasteiger partial charge in [-0.1, -0.05) is 24.3 Å². The smallest absolute Gasteiger partial charge is 0.504 e. The van der Waals surface area contributed by atoms with Crippen molar-refractivity contribution in [2.24, 2.45) is 0 Å². The first-order valence-electron chi connectivity index (χ1n) is 12.9. The zero-order chi connectivity index (χ0) is 27.5. The molecule has 0 spiro atoms. The third-order valence-corrected chi connectivity index (χ3v) is 5.70. The van der Waals surface area contributed by atoms with E-state index in [4.69, 9.17) is 10.2 Å². The summed E-state index contributed by atoms with van der Waals surface area (Å²) in [6.07, 6.45) is 5.70. The molecule has 0 fully saturated rings. The van der Waals surface area contributed by atoms with E-state index in [1.807, 2.05) is 72.9 Å². The molecule has 2 atom stereocenters. The fourth-order valence-electron chi connectivity index (χ4n) is 3.81. The van der Waals surface area contributed by atoms with Gasteiger partial charge >= 0.3 is 20.1 Å². The fraction of sp³-hybridized carbons (Fsp3) is 0.273. The minimum atomic E-state index is -0.375. The Hall–Kier alpha value is -3.02. The SMILES string of the molecule is CC(C)(C)N1C=CN(c2[c-]cccc2)[CH-]1.CC(O)CC(C)O.[Ir+3].[c-]1ccccc1-c1nccc2ccccc12. The standard InChI is InChI=1S/C15H10N.C13H16N2.C5H12O2.Ir/c1-2-7-13(8-3-1)15-14-9-5-4-6-12(14)10-11-16-15;1-13(2,3)15-10-9-14(11-15)12-7-5-4-6-8-12;1-4(6)3-5(2)7;/h1-7,9-11H;4-7,9-11H,1-3H3;4-7H,3H2,1-2H3;/q-1;-2;;+3. The number of aromatic nitrogens is 1. The average molecular weight is 701 g/mol. The minimum Gasteiger partial charge on any atom is -0.504 e. The summed E-state index contributed by atoms with van der Waals surface area (Å²) in [7, 11) is 0. The Morgan fingerprint density at radius 3 is 2.03 bits per heavy atom. The van der Waals surface area contributed by atoms with Gasteiger partial charge in [0.25, 0.3) is 0 Å². The van der Waals surface area contributed by atoms with Gasteiger partial charge in [0.1, 0.15) is 0 Å². The molecule has 5 nitrogen and oxygen atoms in total. The zero-order valence-electron chi connectivity index (χ0n) is 23.2. The van der Waals surface area contributed by atoms with E-state index in [9.17, 15) is 0 Å². The van der Waals surface area contributed by atoms with Crippen LogP contribution in [0.2, 0.25) is 0 Å². The summed E-state index contributed by atoms with van der Waals surface area (Å²) in [5, 5.41) is 19.5. The first-order valence-corrected chi connectivity index (χ1v) is 12.9. The second kappa shape index (κ2) is 15.5. The third-order valence-electron chi connectivity index (χ3n) is 5.70. The van der Waals surface area contributed by atoms with Crippen molar-refractivity contribution in [1.82, 2.24) is 9.88 Å². The van der Waals surface area contributed by atoms with Gasteiger partial charge in [0, 0.05) is 11.7 Å². The van der Waals surface area contributed by atoms with Crippen LogP contribution in [0.25, 0.3) is 22.0 Å². The molecule has 2 unspecified atom stereocenters. The molecular weight excluding hydrogens is 663 g/mol.